The quantitative estimate of drug-likeness (QED) is 0.477. The number of aldehydes is 1. The fourth-order valence-corrected chi connectivity index (χ4v) is 1.99. The van der Waals surface area contributed by atoms with Gasteiger partial charge >= 0.3 is 5.69 Å². The Labute approximate surface area is 121 Å². The molecule has 0 N–H and O–H groups in total. The fraction of sp³-hybridized carbons (Fsp3) is 0. The molecule has 0 aliphatic heterocycles. The van der Waals surface area contributed by atoms with Crippen LogP contribution < -0.4 is 4.74 Å². The number of carbonyl (C=O) groups is 1. The SMILES string of the molecule is O=Cc1cc(F)ccc1Oc1c(Br)cccc1[N+](=O)[O-]. The van der Waals surface area contributed by atoms with Crippen molar-refractivity contribution in [3.63, 3.8) is 0 Å². The topological polar surface area (TPSA) is 69.4 Å². The van der Waals surface area contributed by atoms with Gasteiger partial charge in [-0.05, 0) is 40.2 Å². The third-order valence-corrected chi connectivity index (χ3v) is 3.08. The minimum absolute atomic E-state index is 0.0324. The number of ether oxygens (including phenoxy) is 1. The number of nitro groups is 1. The minimum atomic E-state index is -0.607. The number of nitro benzene ring substituents is 1. The van der Waals surface area contributed by atoms with Crippen LogP contribution in [0.2, 0.25) is 0 Å². The van der Waals surface area contributed by atoms with Crippen molar-refractivity contribution >= 4 is 27.9 Å². The number of carbonyl (C=O) groups excluding carboxylic acids is 1. The summed E-state index contributed by atoms with van der Waals surface area (Å²) in [5.41, 5.74) is -0.296. The first kappa shape index (κ1) is 14.1. The molecule has 0 amide bonds. The van der Waals surface area contributed by atoms with Crippen LogP contribution in [-0.4, -0.2) is 11.2 Å². The molecule has 7 heteroatoms. The Bertz CT molecular complexity index is 690. The van der Waals surface area contributed by atoms with E-state index in [1.165, 1.54) is 18.2 Å². The molecule has 0 aromatic heterocycles. The third-order valence-electron chi connectivity index (χ3n) is 2.45. The number of halogens is 2. The highest BCUT2D eigenvalue weighted by molar-refractivity contribution is 9.10. The monoisotopic (exact) mass is 339 g/mol. The molecule has 2 aromatic carbocycles. The molecule has 0 aliphatic rings. The predicted octanol–water partition coefficient (Wildman–Crippen LogP) is 4.10. The van der Waals surface area contributed by atoms with Crippen molar-refractivity contribution in [2.75, 3.05) is 0 Å². The highest BCUT2D eigenvalue weighted by Crippen LogP contribution is 2.38. The van der Waals surface area contributed by atoms with Gasteiger partial charge < -0.3 is 4.74 Å². The Balaban J connectivity index is 2.50. The smallest absolute Gasteiger partial charge is 0.312 e. The highest BCUT2D eigenvalue weighted by Gasteiger charge is 2.19. The van der Waals surface area contributed by atoms with Crippen molar-refractivity contribution in [1.29, 1.82) is 0 Å². The second-order valence-electron chi connectivity index (χ2n) is 3.75. The van der Waals surface area contributed by atoms with Gasteiger partial charge in [-0.3, -0.25) is 14.9 Å². The summed E-state index contributed by atoms with van der Waals surface area (Å²) in [7, 11) is 0. The third kappa shape index (κ3) is 2.83. The zero-order valence-corrected chi connectivity index (χ0v) is 11.5. The van der Waals surface area contributed by atoms with Gasteiger partial charge in [0, 0.05) is 6.07 Å². The maximum atomic E-state index is 13.0. The molecule has 0 saturated carbocycles. The lowest BCUT2D eigenvalue weighted by Gasteiger charge is -2.09. The summed E-state index contributed by atoms with van der Waals surface area (Å²) in [5, 5.41) is 10.9. The van der Waals surface area contributed by atoms with E-state index in [1.807, 2.05) is 0 Å². The maximum absolute atomic E-state index is 13.0. The minimum Gasteiger partial charge on any atom is -0.448 e. The average Bonchev–Trinajstić information content (AvgIpc) is 2.42. The van der Waals surface area contributed by atoms with Gasteiger partial charge in [0.05, 0.1) is 15.0 Å². The van der Waals surface area contributed by atoms with Crippen LogP contribution in [0.4, 0.5) is 10.1 Å². The summed E-state index contributed by atoms with van der Waals surface area (Å²) in [6.07, 6.45) is 0.418. The van der Waals surface area contributed by atoms with E-state index in [0.717, 1.165) is 12.1 Å². The van der Waals surface area contributed by atoms with Crippen molar-refractivity contribution < 1.29 is 18.8 Å². The van der Waals surface area contributed by atoms with E-state index < -0.39 is 10.7 Å². The summed E-state index contributed by atoms with van der Waals surface area (Å²) in [6, 6.07) is 7.65. The summed E-state index contributed by atoms with van der Waals surface area (Å²) >= 11 is 3.14. The number of benzene rings is 2. The van der Waals surface area contributed by atoms with E-state index in [0.29, 0.717) is 10.8 Å². The first-order valence-electron chi connectivity index (χ1n) is 5.38. The molecule has 0 heterocycles. The van der Waals surface area contributed by atoms with Crippen LogP contribution in [0.25, 0.3) is 0 Å². The normalized spacial score (nSPS) is 10.1. The van der Waals surface area contributed by atoms with Gasteiger partial charge in [-0.1, -0.05) is 6.07 Å². The molecule has 0 unspecified atom stereocenters. The molecule has 20 heavy (non-hydrogen) atoms. The van der Waals surface area contributed by atoms with Gasteiger partial charge in [0.2, 0.25) is 5.75 Å². The van der Waals surface area contributed by atoms with Crippen LogP contribution in [0.5, 0.6) is 11.5 Å². The summed E-state index contributed by atoms with van der Waals surface area (Å²) in [6.45, 7) is 0. The number of hydrogen-bond acceptors (Lipinski definition) is 4. The van der Waals surface area contributed by atoms with Crippen molar-refractivity contribution in [3.8, 4) is 11.5 Å². The highest BCUT2D eigenvalue weighted by atomic mass is 79.9. The van der Waals surface area contributed by atoms with Crippen LogP contribution in [0.15, 0.2) is 40.9 Å². The number of rotatable bonds is 4. The van der Waals surface area contributed by atoms with Gasteiger partial charge in [-0.25, -0.2) is 4.39 Å². The van der Waals surface area contributed by atoms with E-state index in [4.69, 9.17) is 4.74 Å². The predicted molar refractivity (Wildman–Crippen MR) is 72.7 cm³/mol. The second kappa shape index (κ2) is 5.79. The first-order chi connectivity index (χ1) is 9.52. The maximum Gasteiger partial charge on any atom is 0.312 e. The zero-order valence-electron chi connectivity index (χ0n) is 9.88. The number of para-hydroxylation sites is 1. The van der Waals surface area contributed by atoms with Gasteiger partial charge in [0.25, 0.3) is 0 Å². The Morgan fingerprint density at radius 3 is 2.70 bits per heavy atom. The van der Waals surface area contributed by atoms with Crippen LogP contribution >= 0.6 is 15.9 Å². The first-order valence-corrected chi connectivity index (χ1v) is 6.17. The molecular weight excluding hydrogens is 333 g/mol. The van der Waals surface area contributed by atoms with Gasteiger partial charge in [0.15, 0.2) is 6.29 Å². The molecule has 0 aliphatic carbocycles. The zero-order chi connectivity index (χ0) is 14.7. The lowest BCUT2D eigenvalue weighted by Crippen LogP contribution is -1.97. The van der Waals surface area contributed by atoms with Crippen LogP contribution in [0, 0.1) is 15.9 Å². The molecule has 0 spiro atoms. The molecule has 0 bridgehead atoms. The fourth-order valence-electron chi connectivity index (χ4n) is 1.56. The van der Waals surface area contributed by atoms with Gasteiger partial charge in [-0.2, -0.15) is 0 Å². The standard InChI is InChI=1S/C13H7BrFNO4/c14-10-2-1-3-11(16(18)19)13(10)20-12-5-4-9(15)6-8(12)7-17/h1-7H. The second-order valence-corrected chi connectivity index (χ2v) is 4.60. The van der Waals surface area contributed by atoms with Crippen LogP contribution in [-0.2, 0) is 0 Å². The molecule has 0 fully saturated rings. The van der Waals surface area contributed by atoms with Gasteiger partial charge in [-0.15, -0.1) is 0 Å². The van der Waals surface area contributed by atoms with Crippen molar-refractivity contribution in [2.45, 2.75) is 0 Å². The molecule has 0 atom stereocenters. The Kier molecular flexibility index (Phi) is 4.09. The molecule has 0 radical (unpaired) electrons. The Morgan fingerprint density at radius 2 is 2.05 bits per heavy atom. The van der Waals surface area contributed by atoms with E-state index in [-0.39, 0.29) is 22.7 Å². The van der Waals surface area contributed by atoms with Crippen molar-refractivity contribution in [1.82, 2.24) is 0 Å². The number of nitrogens with zero attached hydrogens (tertiary/aromatic N) is 1. The lowest BCUT2D eigenvalue weighted by molar-refractivity contribution is -0.385. The Morgan fingerprint density at radius 1 is 1.30 bits per heavy atom. The van der Waals surface area contributed by atoms with Crippen molar-refractivity contribution in [3.05, 3.63) is 62.4 Å². The van der Waals surface area contributed by atoms with E-state index in [9.17, 15) is 19.3 Å². The number of hydrogen-bond donors (Lipinski definition) is 0. The molecular formula is C13H7BrFNO4. The Hall–Kier alpha value is -2.28. The summed E-state index contributed by atoms with van der Waals surface area (Å²) in [4.78, 5) is 21.2. The van der Waals surface area contributed by atoms with E-state index >= 15 is 0 Å². The van der Waals surface area contributed by atoms with E-state index in [2.05, 4.69) is 15.9 Å². The van der Waals surface area contributed by atoms with Gasteiger partial charge in [0.1, 0.15) is 11.6 Å². The summed E-state index contributed by atoms with van der Waals surface area (Å²) < 4.78 is 18.8. The van der Waals surface area contributed by atoms with E-state index in [1.54, 1.807) is 6.07 Å². The molecule has 2 aromatic rings. The van der Waals surface area contributed by atoms with Crippen LogP contribution in [0.1, 0.15) is 10.4 Å². The molecule has 0 saturated heterocycles. The molecule has 2 rings (SSSR count). The summed E-state index contributed by atoms with van der Waals surface area (Å²) in [5.74, 6) is -0.607. The lowest BCUT2D eigenvalue weighted by atomic mass is 10.2. The largest absolute Gasteiger partial charge is 0.448 e. The van der Waals surface area contributed by atoms with Crippen LogP contribution in [0.3, 0.4) is 0 Å². The molecule has 102 valence electrons. The average molecular weight is 340 g/mol. The molecule has 5 nitrogen and oxygen atoms in total. The van der Waals surface area contributed by atoms with Crippen molar-refractivity contribution in [2.24, 2.45) is 0 Å².